The van der Waals surface area contributed by atoms with Crippen molar-refractivity contribution in [1.82, 2.24) is 9.88 Å². The molecule has 0 radical (unpaired) electrons. The van der Waals surface area contributed by atoms with Gasteiger partial charge >= 0.3 is 0 Å². The first-order chi connectivity index (χ1) is 10.5. The van der Waals surface area contributed by atoms with Gasteiger partial charge in [-0.05, 0) is 32.0 Å². The minimum Gasteiger partial charge on any atom is -0.369 e. The molecule has 6 nitrogen and oxygen atoms in total. The molecular weight excluding hydrogens is 342 g/mol. The van der Waals surface area contributed by atoms with Gasteiger partial charge in [0.25, 0.3) is 0 Å². The van der Waals surface area contributed by atoms with Crippen molar-refractivity contribution >= 4 is 49.9 Å². The maximum absolute atomic E-state index is 12.7. The molecule has 0 fully saturated rings. The van der Waals surface area contributed by atoms with Crippen molar-refractivity contribution in [2.45, 2.75) is 23.6 Å². The number of halogens is 1. The van der Waals surface area contributed by atoms with Crippen LogP contribution in [0, 0.1) is 11.5 Å². The van der Waals surface area contributed by atoms with Crippen molar-refractivity contribution in [2.75, 3.05) is 6.54 Å². The summed E-state index contributed by atoms with van der Waals surface area (Å²) in [5.74, 6) is 0.0509. The Kier molecular flexibility index (Phi) is 5.34. The van der Waals surface area contributed by atoms with Crippen LogP contribution in [0.5, 0.6) is 0 Å². The molecule has 0 amide bonds. The molecule has 0 aliphatic rings. The van der Waals surface area contributed by atoms with Crippen molar-refractivity contribution < 1.29 is 4.21 Å². The van der Waals surface area contributed by atoms with Gasteiger partial charge in [0.2, 0.25) is 12.2 Å². The number of benzene rings is 1. The zero-order chi connectivity index (χ0) is 16.3. The third kappa shape index (κ3) is 3.38. The Morgan fingerprint density at radius 1 is 1.68 bits per heavy atom. The second kappa shape index (κ2) is 7.05. The Morgan fingerprint density at radius 2 is 2.41 bits per heavy atom. The number of aliphatic imine (C=N–C) groups is 1. The zero-order valence-electron chi connectivity index (χ0n) is 12.0. The van der Waals surface area contributed by atoms with Crippen molar-refractivity contribution in [3.63, 3.8) is 0 Å². The number of hydrogen-bond acceptors (Lipinski definition) is 5. The minimum absolute atomic E-state index is 0.0509. The summed E-state index contributed by atoms with van der Waals surface area (Å²) >= 11 is 7.29. The van der Waals surface area contributed by atoms with Crippen LogP contribution in [-0.2, 0) is 10.8 Å². The van der Waals surface area contributed by atoms with Crippen molar-refractivity contribution in [1.29, 1.82) is 5.26 Å². The lowest BCUT2D eigenvalue weighted by Crippen LogP contribution is -2.45. The molecule has 1 heterocycles. The molecule has 2 N–H and O–H groups in total. The van der Waals surface area contributed by atoms with E-state index < -0.39 is 16.2 Å². The predicted molar refractivity (Wildman–Crippen MR) is 90.1 cm³/mol. The van der Waals surface area contributed by atoms with Crippen LogP contribution in [0.2, 0.25) is 5.02 Å². The van der Waals surface area contributed by atoms with Crippen molar-refractivity contribution in [3.05, 3.63) is 23.2 Å². The molecular formula is C13H14ClN5OS2. The van der Waals surface area contributed by atoms with Gasteiger partial charge in [0.1, 0.15) is 16.2 Å². The maximum Gasteiger partial charge on any atom is 0.209 e. The second-order valence-corrected chi connectivity index (χ2v) is 7.73. The topological polar surface area (TPSA) is 95.4 Å². The summed E-state index contributed by atoms with van der Waals surface area (Å²) in [5.41, 5.74) is 6.45. The SMILES string of the molecule is CCN(C(N)=NC#N)C(C)S(=O)c1nc2cc(Cl)ccc2s1. The molecule has 9 heteroatoms. The van der Waals surface area contributed by atoms with Gasteiger partial charge in [0.15, 0.2) is 4.34 Å². The fourth-order valence-electron chi connectivity index (χ4n) is 1.95. The van der Waals surface area contributed by atoms with Gasteiger partial charge in [0, 0.05) is 11.6 Å². The summed E-state index contributed by atoms with van der Waals surface area (Å²) in [5, 5.41) is 8.74. The van der Waals surface area contributed by atoms with Gasteiger partial charge in [-0.2, -0.15) is 5.26 Å². The quantitative estimate of drug-likeness (QED) is 0.516. The largest absolute Gasteiger partial charge is 0.369 e. The first-order valence-corrected chi connectivity index (χ1v) is 8.84. The molecule has 2 atom stereocenters. The van der Waals surface area contributed by atoms with Gasteiger partial charge in [-0.1, -0.05) is 11.6 Å². The van der Waals surface area contributed by atoms with Crippen LogP contribution in [-0.4, -0.2) is 32.0 Å². The number of nitrogens with zero attached hydrogens (tertiary/aromatic N) is 4. The molecule has 0 aliphatic carbocycles. The van der Waals surface area contributed by atoms with E-state index in [1.54, 1.807) is 30.1 Å². The monoisotopic (exact) mass is 355 g/mol. The molecule has 0 bridgehead atoms. The molecule has 116 valence electrons. The molecule has 0 saturated carbocycles. The molecule has 0 spiro atoms. The highest BCUT2D eigenvalue weighted by Crippen LogP contribution is 2.28. The third-order valence-electron chi connectivity index (χ3n) is 3.05. The lowest BCUT2D eigenvalue weighted by Gasteiger charge is -2.26. The van der Waals surface area contributed by atoms with Crippen LogP contribution < -0.4 is 5.73 Å². The Morgan fingerprint density at radius 3 is 3.05 bits per heavy atom. The second-order valence-electron chi connectivity index (χ2n) is 4.34. The molecule has 2 unspecified atom stereocenters. The van der Waals surface area contributed by atoms with E-state index in [9.17, 15) is 4.21 Å². The van der Waals surface area contributed by atoms with E-state index in [2.05, 4.69) is 9.98 Å². The number of nitrogens with two attached hydrogens (primary N) is 1. The highest BCUT2D eigenvalue weighted by molar-refractivity contribution is 7.87. The van der Waals surface area contributed by atoms with Gasteiger partial charge in [-0.15, -0.1) is 16.3 Å². The van der Waals surface area contributed by atoms with Gasteiger partial charge in [-0.3, -0.25) is 0 Å². The smallest absolute Gasteiger partial charge is 0.209 e. The predicted octanol–water partition coefficient (Wildman–Crippen LogP) is 2.52. The van der Waals surface area contributed by atoms with Crippen LogP contribution >= 0.6 is 22.9 Å². The highest BCUT2D eigenvalue weighted by Gasteiger charge is 2.24. The lowest BCUT2D eigenvalue weighted by atomic mass is 10.3. The Bertz CT molecular complexity index is 782. The van der Waals surface area contributed by atoms with E-state index in [0.717, 1.165) is 10.2 Å². The molecule has 1 aromatic carbocycles. The first-order valence-electron chi connectivity index (χ1n) is 6.43. The molecule has 0 aliphatic heterocycles. The third-order valence-corrected chi connectivity index (χ3v) is 6.17. The molecule has 2 aromatic rings. The lowest BCUT2D eigenvalue weighted by molar-refractivity contribution is 0.420. The van der Waals surface area contributed by atoms with Gasteiger partial charge in [0.05, 0.1) is 10.2 Å². The summed E-state index contributed by atoms with van der Waals surface area (Å²) in [7, 11) is -1.40. The summed E-state index contributed by atoms with van der Waals surface area (Å²) in [6.45, 7) is 4.10. The fraction of sp³-hybridized carbons (Fsp3) is 0.308. The van der Waals surface area contributed by atoms with Crippen LogP contribution in [0.15, 0.2) is 27.5 Å². The molecule has 0 saturated heterocycles. The maximum atomic E-state index is 12.7. The minimum atomic E-state index is -1.40. The molecule has 2 rings (SSSR count). The van der Waals surface area contributed by atoms with Crippen molar-refractivity contribution in [3.8, 4) is 6.19 Å². The summed E-state index contributed by atoms with van der Waals surface area (Å²) in [4.78, 5) is 9.49. The van der Waals surface area contributed by atoms with Crippen LogP contribution in [0.1, 0.15) is 13.8 Å². The van der Waals surface area contributed by atoms with E-state index in [4.69, 9.17) is 22.6 Å². The normalized spacial score (nSPS) is 14.5. The van der Waals surface area contributed by atoms with E-state index in [1.807, 2.05) is 13.0 Å². The average molecular weight is 356 g/mol. The Balaban J connectivity index is 2.32. The van der Waals surface area contributed by atoms with Gasteiger partial charge in [-0.25, -0.2) is 9.19 Å². The number of aromatic nitrogens is 1. The average Bonchev–Trinajstić information content (AvgIpc) is 2.90. The number of guanidine groups is 1. The van der Waals surface area contributed by atoms with E-state index in [1.165, 1.54) is 11.3 Å². The molecule has 22 heavy (non-hydrogen) atoms. The van der Waals surface area contributed by atoms with Gasteiger partial charge < -0.3 is 10.6 Å². The van der Waals surface area contributed by atoms with E-state index in [-0.39, 0.29) is 5.96 Å². The fourth-order valence-corrected chi connectivity index (χ4v) is 4.78. The first kappa shape index (κ1) is 16.7. The standard InChI is InChI=1S/C13H14ClN5OS2/c1-3-19(12(16)17-7-15)8(2)22(20)13-18-10-6-9(14)4-5-11(10)21-13/h4-6,8H,3H2,1-2H3,(H2,16,17). The van der Waals surface area contributed by atoms with Crippen LogP contribution in [0.25, 0.3) is 10.2 Å². The Hall–Kier alpha value is -1.69. The number of nitriles is 1. The highest BCUT2D eigenvalue weighted by atomic mass is 35.5. The number of fused-ring (bicyclic) bond motifs is 1. The summed E-state index contributed by atoms with van der Waals surface area (Å²) < 4.78 is 14.1. The Labute approximate surface area is 139 Å². The summed E-state index contributed by atoms with van der Waals surface area (Å²) in [6, 6.07) is 5.36. The van der Waals surface area contributed by atoms with E-state index in [0.29, 0.717) is 15.9 Å². The van der Waals surface area contributed by atoms with Crippen molar-refractivity contribution in [2.24, 2.45) is 10.7 Å². The van der Waals surface area contributed by atoms with Crippen LogP contribution in [0.4, 0.5) is 0 Å². The summed E-state index contributed by atoms with van der Waals surface area (Å²) in [6.07, 6.45) is 1.64. The zero-order valence-corrected chi connectivity index (χ0v) is 14.4. The van der Waals surface area contributed by atoms with E-state index >= 15 is 0 Å². The number of rotatable bonds is 4. The van der Waals surface area contributed by atoms with Crippen LogP contribution in [0.3, 0.4) is 0 Å². The number of thiazole rings is 1. The molecule has 1 aromatic heterocycles. The number of hydrogen-bond donors (Lipinski definition) is 1.